The maximum Gasteiger partial charge on any atom is 0.350 e. The maximum absolute atomic E-state index is 12.6. The topological polar surface area (TPSA) is 84.7 Å². The number of rotatable bonds is 1. The van der Waals surface area contributed by atoms with Gasteiger partial charge in [-0.15, -0.1) is 5.10 Å². The van der Waals surface area contributed by atoms with Crippen LogP contribution in [-0.4, -0.2) is 20.1 Å². The molecule has 0 aromatic carbocycles. The molecule has 7 heteroatoms. The number of fused-ring (bicyclic) bond motifs is 1. The fourth-order valence-corrected chi connectivity index (χ4v) is 1.01. The molecule has 0 unspecified atom stereocenters. The van der Waals surface area contributed by atoms with Crippen molar-refractivity contribution in [2.24, 2.45) is 0 Å². The SMILES string of the molecule is O=[N+]([O-])c1[nH]nc2cnc(F)cc12. The van der Waals surface area contributed by atoms with Crippen LogP contribution in [0.1, 0.15) is 0 Å². The smallest absolute Gasteiger partial charge is 0.350 e. The molecule has 0 radical (unpaired) electrons. The number of H-pyrrole nitrogens is 1. The Labute approximate surface area is 70.5 Å². The first kappa shape index (κ1) is 7.59. The van der Waals surface area contributed by atoms with Crippen molar-refractivity contribution in [1.82, 2.24) is 15.2 Å². The van der Waals surface area contributed by atoms with Crippen LogP contribution in [-0.2, 0) is 0 Å². The Morgan fingerprint density at radius 1 is 1.62 bits per heavy atom. The molecule has 2 heterocycles. The molecule has 0 saturated heterocycles. The summed E-state index contributed by atoms with van der Waals surface area (Å²) in [5, 5.41) is 16.3. The lowest BCUT2D eigenvalue weighted by Crippen LogP contribution is -1.88. The van der Waals surface area contributed by atoms with E-state index in [0.717, 1.165) is 12.3 Å². The van der Waals surface area contributed by atoms with Crippen LogP contribution in [0.3, 0.4) is 0 Å². The summed E-state index contributed by atoms with van der Waals surface area (Å²) in [5.74, 6) is -1.09. The van der Waals surface area contributed by atoms with Gasteiger partial charge < -0.3 is 10.1 Å². The summed E-state index contributed by atoms with van der Waals surface area (Å²) < 4.78 is 12.6. The average molecular weight is 182 g/mol. The zero-order valence-corrected chi connectivity index (χ0v) is 6.19. The van der Waals surface area contributed by atoms with Crippen molar-refractivity contribution in [2.75, 3.05) is 0 Å². The van der Waals surface area contributed by atoms with Crippen molar-refractivity contribution >= 4 is 16.7 Å². The minimum absolute atomic E-state index is 0.123. The highest BCUT2D eigenvalue weighted by atomic mass is 19.1. The molecule has 0 aliphatic carbocycles. The Hall–Kier alpha value is -2.05. The predicted molar refractivity (Wildman–Crippen MR) is 40.5 cm³/mol. The van der Waals surface area contributed by atoms with Crippen molar-refractivity contribution in [1.29, 1.82) is 0 Å². The highest BCUT2D eigenvalue weighted by Crippen LogP contribution is 2.21. The van der Waals surface area contributed by atoms with Gasteiger partial charge in [0.2, 0.25) is 5.95 Å². The van der Waals surface area contributed by atoms with Crippen LogP contribution in [0.4, 0.5) is 10.2 Å². The molecule has 0 bridgehead atoms. The summed E-state index contributed by atoms with van der Waals surface area (Å²) >= 11 is 0. The largest absolute Gasteiger partial charge is 0.358 e. The minimum atomic E-state index is -0.767. The standard InChI is InChI=1S/C6H3FN4O2/c7-5-1-3-4(2-8-5)9-10-6(3)11(12)13/h1-2H,(H,9,10). The van der Waals surface area contributed by atoms with Crippen molar-refractivity contribution in [3.8, 4) is 0 Å². The molecule has 2 aromatic rings. The number of aromatic amines is 1. The van der Waals surface area contributed by atoms with Crippen LogP contribution in [0, 0.1) is 16.1 Å². The van der Waals surface area contributed by atoms with Crippen LogP contribution in [0.2, 0.25) is 0 Å². The molecular weight excluding hydrogens is 179 g/mol. The van der Waals surface area contributed by atoms with Gasteiger partial charge in [-0.05, 0) is 4.92 Å². The van der Waals surface area contributed by atoms with Crippen molar-refractivity contribution in [2.45, 2.75) is 0 Å². The third-order valence-electron chi connectivity index (χ3n) is 1.57. The summed E-state index contributed by atoms with van der Waals surface area (Å²) in [6.45, 7) is 0. The highest BCUT2D eigenvalue weighted by Gasteiger charge is 2.15. The van der Waals surface area contributed by atoms with Crippen LogP contribution >= 0.6 is 0 Å². The number of nitrogens with one attached hydrogen (secondary N) is 1. The van der Waals surface area contributed by atoms with E-state index in [4.69, 9.17) is 0 Å². The molecule has 6 nitrogen and oxygen atoms in total. The van der Waals surface area contributed by atoms with E-state index in [1.165, 1.54) is 0 Å². The second kappa shape index (κ2) is 2.47. The quantitative estimate of drug-likeness (QED) is 0.405. The zero-order valence-electron chi connectivity index (χ0n) is 6.19. The summed E-state index contributed by atoms with van der Waals surface area (Å²) in [6.07, 6.45) is 1.13. The van der Waals surface area contributed by atoms with Gasteiger partial charge in [-0.25, -0.2) is 4.98 Å². The van der Waals surface area contributed by atoms with Gasteiger partial charge in [0.1, 0.15) is 10.9 Å². The number of hydrogen-bond donors (Lipinski definition) is 1. The number of pyridine rings is 1. The van der Waals surface area contributed by atoms with E-state index in [1.54, 1.807) is 0 Å². The number of nitro groups is 1. The first-order valence-electron chi connectivity index (χ1n) is 3.32. The Morgan fingerprint density at radius 3 is 3.08 bits per heavy atom. The first-order chi connectivity index (χ1) is 6.18. The second-order valence-corrected chi connectivity index (χ2v) is 2.35. The molecule has 0 aliphatic heterocycles. The van der Waals surface area contributed by atoms with Crippen molar-refractivity contribution in [3.63, 3.8) is 0 Å². The minimum Gasteiger partial charge on any atom is -0.358 e. The fourth-order valence-electron chi connectivity index (χ4n) is 1.01. The highest BCUT2D eigenvalue weighted by molar-refractivity contribution is 5.85. The Kier molecular flexibility index (Phi) is 1.44. The van der Waals surface area contributed by atoms with Gasteiger partial charge in [-0.3, -0.25) is 0 Å². The van der Waals surface area contributed by atoms with Gasteiger partial charge in [0.25, 0.3) is 0 Å². The summed E-state index contributed by atoms with van der Waals surface area (Å²) in [5.41, 5.74) is 0.271. The van der Waals surface area contributed by atoms with Crippen molar-refractivity contribution in [3.05, 3.63) is 28.3 Å². The lowest BCUT2D eigenvalue weighted by atomic mass is 10.3. The number of aromatic nitrogens is 3. The van der Waals surface area contributed by atoms with E-state index >= 15 is 0 Å². The molecule has 13 heavy (non-hydrogen) atoms. The molecule has 0 atom stereocenters. The molecule has 0 aliphatic rings. The zero-order chi connectivity index (χ0) is 9.42. The van der Waals surface area contributed by atoms with Crippen LogP contribution in [0.15, 0.2) is 12.3 Å². The molecule has 0 fully saturated rings. The molecule has 0 saturated carbocycles. The van der Waals surface area contributed by atoms with Gasteiger partial charge in [0.05, 0.1) is 6.20 Å². The molecule has 0 spiro atoms. The van der Waals surface area contributed by atoms with Crippen LogP contribution < -0.4 is 0 Å². The van der Waals surface area contributed by atoms with Crippen LogP contribution in [0.25, 0.3) is 10.9 Å². The van der Waals surface area contributed by atoms with Gasteiger partial charge in [-0.2, -0.15) is 4.39 Å². The third kappa shape index (κ3) is 1.10. The molecule has 2 aromatic heterocycles. The van der Waals surface area contributed by atoms with E-state index in [0.29, 0.717) is 0 Å². The lowest BCUT2D eigenvalue weighted by Gasteiger charge is -1.89. The van der Waals surface area contributed by atoms with Crippen LogP contribution in [0.5, 0.6) is 0 Å². The second-order valence-electron chi connectivity index (χ2n) is 2.35. The number of hydrogen-bond acceptors (Lipinski definition) is 4. The first-order valence-corrected chi connectivity index (χ1v) is 3.32. The Balaban J connectivity index is 2.79. The van der Waals surface area contributed by atoms with Gasteiger partial charge in [0.15, 0.2) is 0 Å². The molecule has 66 valence electrons. The van der Waals surface area contributed by atoms with Gasteiger partial charge in [-0.1, -0.05) is 5.10 Å². The van der Waals surface area contributed by atoms with E-state index < -0.39 is 10.9 Å². The Morgan fingerprint density at radius 2 is 2.38 bits per heavy atom. The molecule has 0 amide bonds. The maximum atomic E-state index is 12.6. The monoisotopic (exact) mass is 182 g/mol. The van der Waals surface area contributed by atoms with E-state index in [-0.39, 0.29) is 16.7 Å². The summed E-state index contributed by atoms with van der Waals surface area (Å²) in [7, 11) is 0. The third-order valence-corrected chi connectivity index (χ3v) is 1.57. The van der Waals surface area contributed by atoms with E-state index in [1.807, 2.05) is 0 Å². The molecular formula is C6H3FN4O2. The average Bonchev–Trinajstić information content (AvgIpc) is 2.46. The number of nitrogens with zero attached hydrogens (tertiary/aromatic N) is 3. The fraction of sp³-hybridized carbons (Fsp3) is 0. The molecule has 1 N–H and O–H groups in total. The van der Waals surface area contributed by atoms with Gasteiger partial charge in [0, 0.05) is 6.07 Å². The predicted octanol–water partition coefficient (Wildman–Crippen LogP) is 1.01. The van der Waals surface area contributed by atoms with Crippen molar-refractivity contribution < 1.29 is 9.31 Å². The van der Waals surface area contributed by atoms with E-state index in [9.17, 15) is 14.5 Å². The van der Waals surface area contributed by atoms with Gasteiger partial charge >= 0.3 is 5.82 Å². The lowest BCUT2D eigenvalue weighted by molar-refractivity contribution is -0.387. The molecule has 2 rings (SSSR count). The summed E-state index contributed by atoms with van der Waals surface area (Å²) in [6, 6.07) is 0.969. The Bertz CT molecular complexity index is 480. The number of halogens is 1. The van der Waals surface area contributed by atoms with E-state index in [2.05, 4.69) is 15.2 Å². The summed E-state index contributed by atoms with van der Waals surface area (Å²) in [4.78, 5) is 13.0. The normalized spacial score (nSPS) is 10.5.